The average Bonchev–Trinajstić information content (AvgIpc) is 3.32. The molecule has 2 aliphatic rings. The maximum Gasteiger partial charge on any atom is 0.223 e. The van der Waals surface area contributed by atoms with E-state index in [1.165, 1.54) is 0 Å². The number of methoxy groups -OCH3 is 3. The summed E-state index contributed by atoms with van der Waals surface area (Å²) >= 11 is 0. The summed E-state index contributed by atoms with van der Waals surface area (Å²) in [4.78, 5) is 12.5. The fourth-order valence-corrected chi connectivity index (χ4v) is 3.75. The summed E-state index contributed by atoms with van der Waals surface area (Å²) in [6.07, 6.45) is 3.24. The maximum atomic E-state index is 12.5. The molecule has 1 aromatic rings. The first-order valence-electron chi connectivity index (χ1n) is 8.41. The topological polar surface area (TPSA) is 68.8 Å². The first kappa shape index (κ1) is 16.9. The van der Waals surface area contributed by atoms with Gasteiger partial charge in [-0.25, -0.2) is 0 Å². The van der Waals surface area contributed by atoms with Crippen LogP contribution >= 0.6 is 0 Å². The first-order chi connectivity index (χ1) is 11.6. The van der Waals surface area contributed by atoms with E-state index in [9.17, 15) is 4.79 Å². The maximum absolute atomic E-state index is 12.5. The third kappa shape index (κ3) is 3.15. The van der Waals surface area contributed by atoms with Crippen molar-refractivity contribution in [2.75, 3.05) is 34.4 Å². The molecule has 1 aliphatic carbocycles. The van der Waals surface area contributed by atoms with Crippen LogP contribution < -0.4 is 24.8 Å². The molecule has 0 bridgehead atoms. The molecular formula is C18H26N2O4. The zero-order valence-electron chi connectivity index (χ0n) is 14.6. The highest BCUT2D eigenvalue weighted by atomic mass is 16.5. The van der Waals surface area contributed by atoms with Gasteiger partial charge in [-0.2, -0.15) is 0 Å². The normalized spacial score (nSPS) is 21.2. The highest BCUT2D eigenvalue weighted by Crippen LogP contribution is 2.58. The van der Waals surface area contributed by atoms with Crippen molar-refractivity contribution in [3.05, 3.63) is 17.7 Å². The van der Waals surface area contributed by atoms with Crippen LogP contribution in [0.25, 0.3) is 0 Å². The van der Waals surface area contributed by atoms with Crippen molar-refractivity contribution in [2.24, 2.45) is 11.3 Å². The molecule has 1 spiro atoms. The molecule has 1 aliphatic heterocycles. The van der Waals surface area contributed by atoms with E-state index in [1.54, 1.807) is 21.3 Å². The van der Waals surface area contributed by atoms with E-state index in [1.807, 2.05) is 12.1 Å². The van der Waals surface area contributed by atoms with E-state index >= 15 is 0 Å². The van der Waals surface area contributed by atoms with Crippen LogP contribution in [0.1, 0.15) is 24.8 Å². The summed E-state index contributed by atoms with van der Waals surface area (Å²) in [6, 6.07) is 3.74. The lowest BCUT2D eigenvalue weighted by Crippen LogP contribution is -2.33. The Morgan fingerprint density at radius 3 is 2.33 bits per heavy atom. The number of ether oxygens (including phenoxy) is 3. The Morgan fingerprint density at radius 2 is 1.79 bits per heavy atom. The molecule has 2 N–H and O–H groups in total. The number of hydrogen-bond donors (Lipinski definition) is 2. The van der Waals surface area contributed by atoms with Gasteiger partial charge in [0.15, 0.2) is 11.5 Å². The second kappa shape index (κ2) is 6.89. The Bertz CT molecular complexity index is 586. The van der Waals surface area contributed by atoms with E-state index in [2.05, 4.69) is 10.6 Å². The predicted molar refractivity (Wildman–Crippen MR) is 90.6 cm³/mol. The van der Waals surface area contributed by atoms with Crippen molar-refractivity contribution < 1.29 is 19.0 Å². The first-order valence-corrected chi connectivity index (χ1v) is 8.41. The third-order valence-corrected chi connectivity index (χ3v) is 5.30. The van der Waals surface area contributed by atoms with E-state index < -0.39 is 0 Å². The van der Waals surface area contributed by atoms with E-state index in [4.69, 9.17) is 14.2 Å². The second-order valence-corrected chi connectivity index (χ2v) is 6.62. The highest BCUT2D eigenvalue weighted by molar-refractivity contribution is 5.82. The van der Waals surface area contributed by atoms with Crippen LogP contribution in [0.4, 0.5) is 0 Å². The Morgan fingerprint density at radius 1 is 1.17 bits per heavy atom. The molecule has 6 heteroatoms. The van der Waals surface area contributed by atoms with E-state index in [-0.39, 0.29) is 17.2 Å². The molecule has 1 saturated carbocycles. The molecule has 132 valence electrons. The largest absolute Gasteiger partial charge is 0.493 e. The van der Waals surface area contributed by atoms with Gasteiger partial charge in [-0.15, -0.1) is 0 Å². The minimum Gasteiger partial charge on any atom is -0.493 e. The van der Waals surface area contributed by atoms with Crippen LogP contribution in [-0.4, -0.2) is 40.3 Å². The molecule has 1 heterocycles. The predicted octanol–water partition coefficient (Wildman–Crippen LogP) is 1.72. The van der Waals surface area contributed by atoms with Crippen LogP contribution in [0.15, 0.2) is 12.1 Å². The van der Waals surface area contributed by atoms with Gasteiger partial charge in [0, 0.05) is 12.5 Å². The fraction of sp³-hybridized carbons (Fsp3) is 0.611. The van der Waals surface area contributed by atoms with Gasteiger partial charge in [0.2, 0.25) is 11.7 Å². The van der Waals surface area contributed by atoms with Crippen LogP contribution in [0, 0.1) is 11.3 Å². The lowest BCUT2D eigenvalue weighted by molar-refractivity contribution is -0.123. The van der Waals surface area contributed by atoms with Crippen LogP contribution in [-0.2, 0) is 11.3 Å². The SMILES string of the molecule is COc1cc(CNC(=O)C2CC23CCNCC3)cc(OC)c1OC. The molecule has 1 atom stereocenters. The number of hydrogen-bond acceptors (Lipinski definition) is 5. The molecule has 1 aromatic carbocycles. The molecule has 1 saturated heterocycles. The molecule has 6 nitrogen and oxygen atoms in total. The van der Waals surface area contributed by atoms with Crippen LogP contribution in [0.5, 0.6) is 17.2 Å². The van der Waals surface area contributed by atoms with Crippen molar-refractivity contribution in [3.8, 4) is 17.2 Å². The van der Waals surface area contributed by atoms with Crippen molar-refractivity contribution in [1.29, 1.82) is 0 Å². The Labute approximate surface area is 142 Å². The summed E-state index contributed by atoms with van der Waals surface area (Å²) < 4.78 is 16.0. The molecule has 2 fully saturated rings. The van der Waals surface area contributed by atoms with Crippen molar-refractivity contribution in [3.63, 3.8) is 0 Å². The van der Waals surface area contributed by atoms with Crippen LogP contribution in [0.2, 0.25) is 0 Å². The zero-order valence-corrected chi connectivity index (χ0v) is 14.6. The number of amides is 1. The number of piperidine rings is 1. The molecule has 0 radical (unpaired) electrons. The van der Waals surface area contributed by atoms with Gasteiger partial charge in [0.25, 0.3) is 0 Å². The standard InChI is InChI=1S/C18H26N2O4/c1-22-14-8-12(9-15(23-2)16(14)24-3)11-20-17(21)13-10-18(13)4-6-19-7-5-18/h8-9,13,19H,4-7,10-11H2,1-3H3,(H,20,21). The van der Waals surface area contributed by atoms with Crippen molar-refractivity contribution in [2.45, 2.75) is 25.8 Å². The Kier molecular flexibility index (Phi) is 4.85. The van der Waals surface area contributed by atoms with Crippen molar-refractivity contribution >= 4 is 5.91 Å². The van der Waals surface area contributed by atoms with Crippen molar-refractivity contribution in [1.82, 2.24) is 10.6 Å². The molecular weight excluding hydrogens is 308 g/mol. The lowest BCUT2D eigenvalue weighted by atomic mass is 9.92. The number of rotatable bonds is 6. The number of benzene rings is 1. The number of nitrogens with one attached hydrogen (secondary N) is 2. The quantitative estimate of drug-likeness (QED) is 0.829. The minimum absolute atomic E-state index is 0.158. The lowest BCUT2D eigenvalue weighted by Gasteiger charge is -2.23. The van der Waals surface area contributed by atoms with Gasteiger partial charge in [0.1, 0.15) is 0 Å². The van der Waals surface area contributed by atoms with E-state index in [0.29, 0.717) is 23.8 Å². The monoisotopic (exact) mass is 334 g/mol. The minimum atomic E-state index is 0.158. The molecule has 0 aromatic heterocycles. The third-order valence-electron chi connectivity index (χ3n) is 5.30. The number of carbonyl (C=O) groups excluding carboxylic acids is 1. The van der Waals surface area contributed by atoms with Gasteiger partial charge in [-0.3, -0.25) is 4.79 Å². The average molecular weight is 334 g/mol. The fourth-order valence-electron chi connectivity index (χ4n) is 3.75. The Balaban J connectivity index is 1.63. The summed E-state index contributed by atoms with van der Waals surface area (Å²) in [5.41, 5.74) is 1.18. The highest BCUT2D eigenvalue weighted by Gasteiger charge is 2.57. The molecule has 24 heavy (non-hydrogen) atoms. The summed E-state index contributed by atoms with van der Waals surface area (Å²) in [6.45, 7) is 2.51. The van der Waals surface area contributed by atoms with Gasteiger partial charge in [-0.1, -0.05) is 0 Å². The Hall–Kier alpha value is -1.95. The smallest absolute Gasteiger partial charge is 0.223 e. The van der Waals surface area contributed by atoms with Gasteiger partial charge >= 0.3 is 0 Å². The second-order valence-electron chi connectivity index (χ2n) is 6.62. The van der Waals surface area contributed by atoms with Crippen LogP contribution in [0.3, 0.4) is 0 Å². The van der Waals surface area contributed by atoms with Gasteiger partial charge in [-0.05, 0) is 55.5 Å². The summed E-state index contributed by atoms with van der Waals surface area (Å²) in [5, 5.41) is 6.42. The molecule has 1 unspecified atom stereocenters. The summed E-state index contributed by atoms with van der Waals surface area (Å²) in [5.74, 6) is 2.09. The summed E-state index contributed by atoms with van der Waals surface area (Å²) in [7, 11) is 4.75. The van der Waals surface area contributed by atoms with Gasteiger partial charge in [0.05, 0.1) is 21.3 Å². The zero-order chi connectivity index (χ0) is 17.2. The molecule has 1 amide bonds. The number of carbonyl (C=O) groups is 1. The van der Waals surface area contributed by atoms with Gasteiger partial charge < -0.3 is 24.8 Å². The van der Waals surface area contributed by atoms with E-state index in [0.717, 1.165) is 37.9 Å². The molecule has 3 rings (SSSR count).